The van der Waals surface area contributed by atoms with Gasteiger partial charge in [0, 0.05) is 24.2 Å². The molecule has 1 aromatic rings. The van der Waals surface area contributed by atoms with Crippen molar-refractivity contribution in [2.24, 2.45) is 5.73 Å². The van der Waals surface area contributed by atoms with Gasteiger partial charge in [-0.3, -0.25) is 14.4 Å². The van der Waals surface area contributed by atoms with Crippen LogP contribution >= 0.6 is 0 Å². The summed E-state index contributed by atoms with van der Waals surface area (Å²) in [6.45, 7) is 3.39. The van der Waals surface area contributed by atoms with E-state index >= 15 is 0 Å². The minimum atomic E-state index is -0.944. The SMILES string of the molecule is CC(=O)c1cccc(NC(=O)[C@H](C)OC(=O)CCCCCNC(N)=O)c1. The lowest BCUT2D eigenvalue weighted by molar-refractivity contribution is -0.153. The van der Waals surface area contributed by atoms with E-state index in [1.54, 1.807) is 24.3 Å². The third-order valence-electron chi connectivity index (χ3n) is 3.57. The van der Waals surface area contributed by atoms with Crippen LogP contribution in [0.2, 0.25) is 0 Å². The molecule has 0 bridgehead atoms. The topological polar surface area (TPSA) is 128 Å². The Morgan fingerprint density at radius 3 is 2.54 bits per heavy atom. The normalized spacial score (nSPS) is 11.3. The minimum Gasteiger partial charge on any atom is -0.453 e. The summed E-state index contributed by atoms with van der Waals surface area (Å²) < 4.78 is 5.10. The first-order chi connectivity index (χ1) is 12.3. The van der Waals surface area contributed by atoms with Gasteiger partial charge < -0.3 is 21.1 Å². The van der Waals surface area contributed by atoms with Gasteiger partial charge >= 0.3 is 12.0 Å². The number of benzene rings is 1. The highest BCUT2D eigenvalue weighted by atomic mass is 16.5. The van der Waals surface area contributed by atoms with Gasteiger partial charge in [-0.15, -0.1) is 0 Å². The smallest absolute Gasteiger partial charge is 0.312 e. The van der Waals surface area contributed by atoms with Gasteiger partial charge in [0.2, 0.25) is 0 Å². The zero-order valence-electron chi connectivity index (χ0n) is 15.0. The van der Waals surface area contributed by atoms with Crippen molar-refractivity contribution in [3.05, 3.63) is 29.8 Å². The van der Waals surface area contributed by atoms with Crippen LogP contribution in [0.25, 0.3) is 0 Å². The van der Waals surface area contributed by atoms with Gasteiger partial charge in [0.15, 0.2) is 11.9 Å². The van der Waals surface area contributed by atoms with E-state index in [1.807, 2.05) is 0 Å². The van der Waals surface area contributed by atoms with Crippen molar-refractivity contribution in [2.75, 3.05) is 11.9 Å². The molecular weight excluding hydrogens is 338 g/mol. The van der Waals surface area contributed by atoms with Crippen LogP contribution in [-0.2, 0) is 14.3 Å². The Hall–Kier alpha value is -2.90. The Labute approximate surface area is 152 Å². The van der Waals surface area contributed by atoms with Crippen LogP contribution < -0.4 is 16.4 Å². The summed E-state index contributed by atoms with van der Waals surface area (Å²) >= 11 is 0. The van der Waals surface area contributed by atoms with E-state index in [2.05, 4.69) is 10.6 Å². The van der Waals surface area contributed by atoms with Crippen LogP contribution in [0.3, 0.4) is 0 Å². The summed E-state index contributed by atoms with van der Waals surface area (Å²) in [6.07, 6.45) is 1.27. The Morgan fingerprint density at radius 1 is 1.15 bits per heavy atom. The van der Waals surface area contributed by atoms with Crippen LogP contribution in [0.4, 0.5) is 10.5 Å². The molecule has 0 aromatic heterocycles. The standard InChI is InChI=1S/C18H25N3O5/c1-12(22)14-7-6-8-15(11-14)21-17(24)13(2)26-16(23)9-4-3-5-10-20-18(19)25/h6-8,11,13H,3-5,9-10H2,1-2H3,(H,21,24)(H3,19,20,25)/t13-/m0/s1. The second-order valence-electron chi connectivity index (χ2n) is 5.86. The number of ketones is 1. The summed E-state index contributed by atoms with van der Waals surface area (Å²) in [5.41, 5.74) is 5.89. The maximum Gasteiger partial charge on any atom is 0.312 e. The third-order valence-corrected chi connectivity index (χ3v) is 3.57. The number of amides is 3. The number of anilines is 1. The Morgan fingerprint density at radius 2 is 1.88 bits per heavy atom. The van der Waals surface area contributed by atoms with Crippen LogP contribution in [0.15, 0.2) is 24.3 Å². The summed E-state index contributed by atoms with van der Waals surface area (Å²) in [5.74, 6) is -1.04. The largest absolute Gasteiger partial charge is 0.453 e. The number of unbranched alkanes of at least 4 members (excludes halogenated alkanes) is 2. The maximum atomic E-state index is 12.1. The highest BCUT2D eigenvalue weighted by Crippen LogP contribution is 2.12. The van der Waals surface area contributed by atoms with Crippen LogP contribution in [-0.4, -0.2) is 36.3 Å². The first-order valence-electron chi connectivity index (χ1n) is 8.44. The zero-order chi connectivity index (χ0) is 19.5. The molecule has 3 amide bonds. The molecule has 8 nitrogen and oxygen atoms in total. The Bertz CT molecular complexity index is 660. The number of urea groups is 1. The number of nitrogens with one attached hydrogen (secondary N) is 2. The second kappa shape index (κ2) is 10.9. The van der Waals surface area contributed by atoms with E-state index in [0.717, 1.165) is 6.42 Å². The Kier molecular flexibility index (Phi) is 8.83. The van der Waals surface area contributed by atoms with E-state index in [4.69, 9.17) is 10.5 Å². The fourth-order valence-electron chi connectivity index (χ4n) is 2.15. The quantitative estimate of drug-likeness (QED) is 0.333. The summed E-state index contributed by atoms with van der Waals surface area (Å²) in [6, 6.07) is 5.96. The van der Waals surface area contributed by atoms with Crippen molar-refractivity contribution >= 4 is 29.4 Å². The minimum absolute atomic E-state index is 0.105. The van der Waals surface area contributed by atoms with Crippen molar-refractivity contribution in [3.8, 4) is 0 Å². The van der Waals surface area contributed by atoms with E-state index in [9.17, 15) is 19.2 Å². The molecule has 0 aliphatic rings. The number of rotatable bonds is 10. The first-order valence-corrected chi connectivity index (χ1v) is 8.44. The molecule has 4 N–H and O–H groups in total. The van der Waals surface area contributed by atoms with Gasteiger partial charge in [0.25, 0.3) is 5.91 Å². The lowest BCUT2D eigenvalue weighted by Gasteiger charge is -2.14. The molecule has 1 atom stereocenters. The van der Waals surface area contributed by atoms with Gasteiger partial charge in [0.1, 0.15) is 0 Å². The molecule has 0 radical (unpaired) electrons. The summed E-state index contributed by atoms with van der Waals surface area (Å²) in [7, 11) is 0. The number of nitrogens with two attached hydrogens (primary N) is 1. The highest BCUT2D eigenvalue weighted by Gasteiger charge is 2.18. The predicted molar refractivity (Wildman–Crippen MR) is 96.7 cm³/mol. The van der Waals surface area contributed by atoms with Crippen LogP contribution in [0.1, 0.15) is 49.9 Å². The van der Waals surface area contributed by atoms with E-state index < -0.39 is 24.0 Å². The lowest BCUT2D eigenvalue weighted by atomic mass is 10.1. The molecule has 0 spiro atoms. The van der Waals surface area contributed by atoms with Crippen molar-refractivity contribution < 1.29 is 23.9 Å². The van der Waals surface area contributed by atoms with Crippen molar-refractivity contribution in [1.29, 1.82) is 0 Å². The molecule has 26 heavy (non-hydrogen) atoms. The van der Waals surface area contributed by atoms with Gasteiger partial charge in [-0.05, 0) is 38.8 Å². The van der Waals surface area contributed by atoms with Gasteiger partial charge in [0.05, 0.1) is 0 Å². The van der Waals surface area contributed by atoms with Gasteiger partial charge in [-0.25, -0.2) is 4.79 Å². The summed E-state index contributed by atoms with van der Waals surface area (Å²) in [5, 5.41) is 5.08. The molecule has 8 heteroatoms. The molecule has 0 unspecified atom stereocenters. The molecule has 142 valence electrons. The first kappa shape index (κ1) is 21.1. The van der Waals surface area contributed by atoms with Crippen molar-refractivity contribution in [2.45, 2.75) is 45.6 Å². The summed E-state index contributed by atoms with van der Waals surface area (Å²) in [4.78, 5) is 45.7. The number of carbonyl (C=O) groups is 4. The fourth-order valence-corrected chi connectivity index (χ4v) is 2.15. The number of hydrogen-bond donors (Lipinski definition) is 3. The maximum absolute atomic E-state index is 12.1. The molecule has 1 aromatic carbocycles. The van der Waals surface area contributed by atoms with E-state index in [0.29, 0.717) is 30.6 Å². The lowest BCUT2D eigenvalue weighted by Crippen LogP contribution is -2.30. The molecule has 0 fully saturated rings. The number of ether oxygens (including phenoxy) is 1. The molecule has 0 aliphatic carbocycles. The Balaban J connectivity index is 2.33. The fraction of sp³-hybridized carbons (Fsp3) is 0.444. The number of carbonyl (C=O) groups excluding carboxylic acids is 4. The number of esters is 1. The zero-order valence-corrected chi connectivity index (χ0v) is 15.0. The second-order valence-corrected chi connectivity index (χ2v) is 5.86. The van der Waals surface area contributed by atoms with Crippen LogP contribution in [0.5, 0.6) is 0 Å². The predicted octanol–water partition coefficient (Wildman–Crippen LogP) is 1.99. The van der Waals surface area contributed by atoms with Gasteiger partial charge in [-0.2, -0.15) is 0 Å². The monoisotopic (exact) mass is 363 g/mol. The van der Waals surface area contributed by atoms with E-state index in [-0.39, 0.29) is 12.2 Å². The number of hydrogen-bond acceptors (Lipinski definition) is 5. The molecule has 0 saturated carbocycles. The molecule has 0 saturated heterocycles. The third kappa shape index (κ3) is 8.27. The van der Waals surface area contributed by atoms with E-state index in [1.165, 1.54) is 13.8 Å². The molecule has 0 heterocycles. The number of Topliss-reactive ketones (excluding diaryl/α,β-unsaturated/α-hetero) is 1. The van der Waals surface area contributed by atoms with Crippen LogP contribution in [0, 0.1) is 0 Å². The van der Waals surface area contributed by atoms with Crippen molar-refractivity contribution in [3.63, 3.8) is 0 Å². The number of primary amides is 1. The molecule has 0 aliphatic heterocycles. The average Bonchev–Trinajstić information content (AvgIpc) is 2.57. The average molecular weight is 363 g/mol. The van der Waals surface area contributed by atoms with Crippen molar-refractivity contribution in [1.82, 2.24) is 5.32 Å². The molecular formula is C18H25N3O5. The molecule has 1 rings (SSSR count). The van der Waals surface area contributed by atoms with Gasteiger partial charge in [-0.1, -0.05) is 18.6 Å². The highest BCUT2D eigenvalue weighted by molar-refractivity contribution is 5.98.